The Morgan fingerprint density at radius 3 is 2.72 bits per heavy atom. The molecule has 0 fully saturated rings. The Bertz CT molecular complexity index is 391. The third-order valence-electron chi connectivity index (χ3n) is 2.76. The van der Waals surface area contributed by atoms with Crippen LogP contribution >= 0.6 is 0 Å². The van der Waals surface area contributed by atoms with Gasteiger partial charge in [0, 0.05) is 5.69 Å². The van der Waals surface area contributed by atoms with E-state index in [0.29, 0.717) is 18.9 Å². The van der Waals surface area contributed by atoms with E-state index in [1.54, 1.807) is 0 Å². The number of hydrogen-bond acceptors (Lipinski definition) is 3. The van der Waals surface area contributed by atoms with Gasteiger partial charge in [-0.05, 0) is 43.0 Å². The second-order valence-corrected chi connectivity index (χ2v) is 4.97. The number of hydrogen-bond donors (Lipinski definition) is 3. The largest absolute Gasteiger partial charge is 0.480 e. The molecule has 0 spiro atoms. The average molecular weight is 250 g/mol. The minimum atomic E-state index is -0.781. The minimum Gasteiger partial charge on any atom is -0.480 e. The van der Waals surface area contributed by atoms with E-state index in [1.807, 2.05) is 38.1 Å². The van der Waals surface area contributed by atoms with Crippen molar-refractivity contribution < 1.29 is 9.90 Å². The van der Waals surface area contributed by atoms with Crippen molar-refractivity contribution >= 4 is 11.7 Å². The Hall–Kier alpha value is -1.55. The molecule has 0 bridgehead atoms. The molecule has 4 heteroatoms. The smallest absolute Gasteiger partial charge is 0.320 e. The lowest BCUT2D eigenvalue weighted by Gasteiger charge is -2.16. The Morgan fingerprint density at radius 1 is 1.44 bits per heavy atom. The maximum atomic E-state index is 11.0. The third-order valence-corrected chi connectivity index (χ3v) is 2.76. The molecule has 0 aliphatic carbocycles. The number of aliphatic carboxylic acids is 1. The molecule has 18 heavy (non-hydrogen) atoms. The summed E-state index contributed by atoms with van der Waals surface area (Å²) < 4.78 is 0. The van der Waals surface area contributed by atoms with Crippen LogP contribution in [-0.2, 0) is 11.2 Å². The quantitative estimate of drug-likeness (QED) is 0.646. The number of benzene rings is 1. The summed E-state index contributed by atoms with van der Waals surface area (Å²) in [4.78, 5) is 11.0. The van der Waals surface area contributed by atoms with Gasteiger partial charge in [-0.2, -0.15) is 0 Å². The molecule has 0 aromatic heterocycles. The fourth-order valence-corrected chi connectivity index (χ4v) is 1.88. The van der Waals surface area contributed by atoms with Gasteiger partial charge in [-0.15, -0.1) is 0 Å². The lowest BCUT2D eigenvalue weighted by atomic mass is 10.0. The predicted molar refractivity (Wildman–Crippen MR) is 73.4 cm³/mol. The van der Waals surface area contributed by atoms with Gasteiger partial charge in [0.25, 0.3) is 0 Å². The molecule has 0 saturated carbocycles. The van der Waals surface area contributed by atoms with Crippen LogP contribution in [0.4, 0.5) is 5.69 Å². The van der Waals surface area contributed by atoms with Crippen molar-refractivity contribution in [3.63, 3.8) is 0 Å². The van der Waals surface area contributed by atoms with Crippen LogP contribution in [0.1, 0.15) is 25.8 Å². The number of carboxylic acid groups (broad SMARTS) is 1. The van der Waals surface area contributed by atoms with Crippen molar-refractivity contribution in [1.29, 1.82) is 0 Å². The van der Waals surface area contributed by atoms with E-state index >= 15 is 0 Å². The standard InChI is InChI=1S/C14H22N2O2/c1-10(2)8-13(14(17)18)16-7-6-11-4-3-5-12(15)9-11/h3-5,9-10,13,16H,6-8,15H2,1-2H3,(H,17,18). The van der Waals surface area contributed by atoms with E-state index in [4.69, 9.17) is 10.8 Å². The van der Waals surface area contributed by atoms with E-state index in [9.17, 15) is 4.79 Å². The molecule has 4 N–H and O–H groups in total. The molecule has 0 aliphatic rings. The van der Waals surface area contributed by atoms with E-state index in [0.717, 1.165) is 17.7 Å². The fourth-order valence-electron chi connectivity index (χ4n) is 1.88. The summed E-state index contributed by atoms with van der Waals surface area (Å²) in [5.41, 5.74) is 7.55. The molecule has 0 aliphatic heterocycles. The molecular weight excluding hydrogens is 228 g/mol. The van der Waals surface area contributed by atoms with Gasteiger partial charge in [0.2, 0.25) is 0 Å². The summed E-state index contributed by atoms with van der Waals surface area (Å²) >= 11 is 0. The number of carbonyl (C=O) groups is 1. The van der Waals surface area contributed by atoms with E-state index < -0.39 is 12.0 Å². The van der Waals surface area contributed by atoms with Gasteiger partial charge < -0.3 is 16.2 Å². The highest BCUT2D eigenvalue weighted by Crippen LogP contribution is 2.08. The van der Waals surface area contributed by atoms with Gasteiger partial charge >= 0.3 is 5.97 Å². The van der Waals surface area contributed by atoms with Crippen LogP contribution in [-0.4, -0.2) is 23.7 Å². The number of nitrogen functional groups attached to an aromatic ring is 1. The molecule has 1 rings (SSSR count). The second-order valence-electron chi connectivity index (χ2n) is 4.97. The maximum absolute atomic E-state index is 11.0. The zero-order chi connectivity index (χ0) is 13.5. The van der Waals surface area contributed by atoms with Gasteiger partial charge in [0.1, 0.15) is 6.04 Å². The maximum Gasteiger partial charge on any atom is 0.320 e. The SMILES string of the molecule is CC(C)CC(NCCc1cccc(N)c1)C(=O)O. The van der Waals surface area contributed by atoms with Crippen LogP contribution in [0.3, 0.4) is 0 Å². The van der Waals surface area contributed by atoms with Crippen LogP contribution in [0.2, 0.25) is 0 Å². The van der Waals surface area contributed by atoms with Gasteiger partial charge in [-0.1, -0.05) is 26.0 Å². The monoisotopic (exact) mass is 250 g/mol. The van der Waals surface area contributed by atoms with E-state index in [1.165, 1.54) is 0 Å². The summed E-state index contributed by atoms with van der Waals surface area (Å²) in [5.74, 6) is -0.415. The van der Waals surface area contributed by atoms with Crippen molar-refractivity contribution in [2.45, 2.75) is 32.7 Å². The minimum absolute atomic E-state index is 0.367. The first-order valence-corrected chi connectivity index (χ1v) is 6.29. The van der Waals surface area contributed by atoms with Crippen molar-refractivity contribution in [3.8, 4) is 0 Å². The third kappa shape index (κ3) is 5.19. The number of nitrogens with one attached hydrogen (secondary N) is 1. The summed E-state index contributed by atoms with van der Waals surface area (Å²) in [6, 6.07) is 7.20. The number of nitrogens with two attached hydrogens (primary N) is 1. The van der Waals surface area contributed by atoms with Crippen LogP contribution in [0, 0.1) is 5.92 Å². The first-order valence-electron chi connectivity index (χ1n) is 6.29. The molecule has 0 radical (unpaired) electrons. The zero-order valence-electron chi connectivity index (χ0n) is 11.0. The highest BCUT2D eigenvalue weighted by Gasteiger charge is 2.17. The average Bonchev–Trinajstić information content (AvgIpc) is 2.27. The first kappa shape index (κ1) is 14.5. The van der Waals surface area contributed by atoms with Gasteiger partial charge in [0.15, 0.2) is 0 Å². The Balaban J connectivity index is 2.41. The summed E-state index contributed by atoms with van der Waals surface area (Å²) in [6.45, 7) is 4.69. The van der Waals surface area contributed by atoms with Gasteiger partial charge in [-0.3, -0.25) is 4.79 Å². The van der Waals surface area contributed by atoms with Crippen LogP contribution in [0.25, 0.3) is 0 Å². The van der Waals surface area contributed by atoms with Crippen LogP contribution in [0.15, 0.2) is 24.3 Å². The normalized spacial score (nSPS) is 12.6. The Morgan fingerprint density at radius 2 is 2.17 bits per heavy atom. The van der Waals surface area contributed by atoms with Crippen molar-refractivity contribution in [1.82, 2.24) is 5.32 Å². The summed E-state index contributed by atoms with van der Waals surface area (Å²) in [5, 5.41) is 12.2. The molecule has 0 amide bonds. The van der Waals surface area contributed by atoms with Gasteiger partial charge in [0.05, 0.1) is 0 Å². The molecule has 100 valence electrons. The lowest BCUT2D eigenvalue weighted by Crippen LogP contribution is -2.38. The molecule has 4 nitrogen and oxygen atoms in total. The molecule has 0 heterocycles. The molecule has 0 saturated heterocycles. The number of rotatable bonds is 7. The zero-order valence-corrected chi connectivity index (χ0v) is 11.0. The predicted octanol–water partition coefficient (Wildman–Crippen LogP) is 1.90. The topological polar surface area (TPSA) is 75.3 Å². The molecule has 1 atom stereocenters. The fraction of sp³-hybridized carbons (Fsp3) is 0.500. The van der Waals surface area contributed by atoms with Crippen molar-refractivity contribution in [2.75, 3.05) is 12.3 Å². The number of carboxylic acids is 1. The molecular formula is C14H22N2O2. The Kier molecular flexibility index (Phi) is 5.65. The van der Waals surface area contributed by atoms with Crippen molar-refractivity contribution in [2.24, 2.45) is 5.92 Å². The van der Waals surface area contributed by atoms with Gasteiger partial charge in [-0.25, -0.2) is 0 Å². The molecule has 1 aromatic carbocycles. The lowest BCUT2D eigenvalue weighted by molar-refractivity contribution is -0.139. The first-order chi connectivity index (χ1) is 8.49. The van der Waals surface area contributed by atoms with E-state index in [2.05, 4.69) is 5.32 Å². The molecule has 1 aromatic rings. The highest BCUT2D eigenvalue weighted by atomic mass is 16.4. The van der Waals surface area contributed by atoms with Crippen LogP contribution in [0.5, 0.6) is 0 Å². The van der Waals surface area contributed by atoms with E-state index in [-0.39, 0.29) is 0 Å². The Labute approximate surface area is 108 Å². The van der Waals surface area contributed by atoms with Crippen molar-refractivity contribution in [3.05, 3.63) is 29.8 Å². The summed E-state index contributed by atoms with van der Waals surface area (Å²) in [6.07, 6.45) is 1.43. The van der Waals surface area contributed by atoms with Crippen LogP contribution < -0.4 is 11.1 Å². The summed E-state index contributed by atoms with van der Waals surface area (Å²) in [7, 11) is 0. The number of anilines is 1. The second kappa shape index (κ2) is 7.01. The highest BCUT2D eigenvalue weighted by molar-refractivity contribution is 5.73. The molecule has 1 unspecified atom stereocenters.